The molecule has 1 aliphatic carbocycles. The van der Waals surface area contributed by atoms with Crippen LogP contribution in [0.15, 0.2) is 4.52 Å². The standard InChI is InChI=1S/C11H19N3O/c1-6-5-9(6)10-13-11(15-14-10)7(2)8(3)12-4/h6-9,12H,5H2,1-4H3. The van der Waals surface area contributed by atoms with Gasteiger partial charge in [0.15, 0.2) is 5.82 Å². The van der Waals surface area contributed by atoms with Gasteiger partial charge in [-0.2, -0.15) is 4.98 Å². The van der Waals surface area contributed by atoms with Gasteiger partial charge in [0.2, 0.25) is 5.89 Å². The van der Waals surface area contributed by atoms with Crippen LogP contribution in [-0.2, 0) is 0 Å². The van der Waals surface area contributed by atoms with E-state index in [1.165, 1.54) is 6.42 Å². The zero-order valence-electron chi connectivity index (χ0n) is 9.82. The van der Waals surface area contributed by atoms with Crippen molar-refractivity contribution in [1.29, 1.82) is 0 Å². The predicted octanol–water partition coefficient (Wildman–Crippen LogP) is 1.90. The lowest BCUT2D eigenvalue weighted by atomic mass is 10.0. The molecule has 1 fully saturated rings. The van der Waals surface area contributed by atoms with Crippen molar-refractivity contribution in [3.8, 4) is 0 Å². The normalized spacial score (nSPS) is 28.8. The fourth-order valence-corrected chi connectivity index (χ4v) is 1.73. The van der Waals surface area contributed by atoms with Gasteiger partial charge in [-0.25, -0.2) is 0 Å². The largest absolute Gasteiger partial charge is 0.339 e. The van der Waals surface area contributed by atoms with E-state index in [4.69, 9.17) is 4.52 Å². The minimum Gasteiger partial charge on any atom is -0.339 e. The van der Waals surface area contributed by atoms with Crippen LogP contribution in [0.1, 0.15) is 50.7 Å². The highest BCUT2D eigenvalue weighted by molar-refractivity contribution is 5.09. The summed E-state index contributed by atoms with van der Waals surface area (Å²) in [5.74, 6) is 3.19. The van der Waals surface area contributed by atoms with Crippen molar-refractivity contribution in [3.05, 3.63) is 11.7 Å². The molecule has 2 rings (SSSR count). The van der Waals surface area contributed by atoms with Gasteiger partial charge in [0.25, 0.3) is 0 Å². The fraction of sp³-hybridized carbons (Fsp3) is 0.818. The van der Waals surface area contributed by atoms with Crippen molar-refractivity contribution < 1.29 is 4.52 Å². The first-order chi connectivity index (χ1) is 7.13. The van der Waals surface area contributed by atoms with Crippen LogP contribution in [0.3, 0.4) is 0 Å². The number of aromatic nitrogens is 2. The van der Waals surface area contributed by atoms with E-state index in [0.29, 0.717) is 12.0 Å². The molecule has 4 atom stereocenters. The molecular weight excluding hydrogens is 190 g/mol. The second kappa shape index (κ2) is 3.93. The van der Waals surface area contributed by atoms with Gasteiger partial charge in [-0.05, 0) is 26.3 Å². The van der Waals surface area contributed by atoms with Gasteiger partial charge in [-0.3, -0.25) is 0 Å². The maximum atomic E-state index is 5.30. The van der Waals surface area contributed by atoms with Crippen LogP contribution in [0.2, 0.25) is 0 Å². The molecule has 1 aliphatic rings. The topological polar surface area (TPSA) is 51.0 Å². The molecule has 1 N–H and O–H groups in total. The first kappa shape index (κ1) is 10.6. The van der Waals surface area contributed by atoms with E-state index in [2.05, 4.69) is 36.2 Å². The molecule has 1 aromatic rings. The van der Waals surface area contributed by atoms with E-state index in [0.717, 1.165) is 17.6 Å². The van der Waals surface area contributed by atoms with Crippen molar-refractivity contribution in [2.45, 2.75) is 45.1 Å². The number of likely N-dealkylation sites (N-methyl/N-ethyl adjacent to an activating group) is 1. The van der Waals surface area contributed by atoms with E-state index < -0.39 is 0 Å². The number of nitrogens with one attached hydrogen (secondary N) is 1. The first-order valence-corrected chi connectivity index (χ1v) is 5.64. The molecule has 15 heavy (non-hydrogen) atoms. The highest BCUT2D eigenvalue weighted by Crippen LogP contribution is 2.45. The Hall–Kier alpha value is -0.900. The molecule has 0 saturated heterocycles. The van der Waals surface area contributed by atoms with Crippen LogP contribution < -0.4 is 5.32 Å². The van der Waals surface area contributed by atoms with Crippen molar-refractivity contribution >= 4 is 0 Å². The molecule has 1 heterocycles. The van der Waals surface area contributed by atoms with Crippen LogP contribution in [0.5, 0.6) is 0 Å². The minimum atomic E-state index is 0.269. The molecule has 1 aromatic heterocycles. The number of hydrogen-bond acceptors (Lipinski definition) is 4. The summed E-state index contributed by atoms with van der Waals surface area (Å²) in [7, 11) is 1.95. The third-order valence-corrected chi connectivity index (χ3v) is 3.49. The Kier molecular flexibility index (Phi) is 2.78. The van der Waals surface area contributed by atoms with Gasteiger partial charge in [-0.15, -0.1) is 0 Å². The van der Waals surface area contributed by atoms with E-state index in [9.17, 15) is 0 Å². The molecule has 4 unspecified atom stereocenters. The van der Waals surface area contributed by atoms with E-state index >= 15 is 0 Å². The van der Waals surface area contributed by atoms with E-state index in [1.54, 1.807) is 0 Å². The van der Waals surface area contributed by atoms with Gasteiger partial charge >= 0.3 is 0 Å². The Labute approximate surface area is 90.4 Å². The minimum absolute atomic E-state index is 0.269. The van der Waals surface area contributed by atoms with Crippen molar-refractivity contribution in [2.24, 2.45) is 5.92 Å². The second-order valence-electron chi connectivity index (χ2n) is 4.68. The van der Waals surface area contributed by atoms with Crippen LogP contribution in [-0.4, -0.2) is 23.2 Å². The van der Waals surface area contributed by atoms with Gasteiger partial charge < -0.3 is 9.84 Å². The summed E-state index contributed by atoms with van der Waals surface area (Å²) < 4.78 is 5.30. The van der Waals surface area contributed by atoms with Crippen molar-refractivity contribution in [1.82, 2.24) is 15.5 Å². The molecule has 1 saturated carbocycles. The first-order valence-electron chi connectivity index (χ1n) is 5.64. The molecule has 0 aromatic carbocycles. The smallest absolute Gasteiger partial charge is 0.231 e. The van der Waals surface area contributed by atoms with Gasteiger partial charge in [0.05, 0.1) is 5.92 Å². The summed E-state index contributed by atoms with van der Waals surface area (Å²) in [5.41, 5.74) is 0. The Morgan fingerprint density at radius 3 is 2.67 bits per heavy atom. The number of hydrogen-bond donors (Lipinski definition) is 1. The summed E-state index contributed by atoms with van der Waals surface area (Å²) in [6.07, 6.45) is 1.20. The third-order valence-electron chi connectivity index (χ3n) is 3.49. The molecule has 4 heteroatoms. The van der Waals surface area contributed by atoms with Crippen molar-refractivity contribution in [2.75, 3.05) is 7.05 Å². The zero-order valence-corrected chi connectivity index (χ0v) is 9.82. The fourth-order valence-electron chi connectivity index (χ4n) is 1.73. The Balaban J connectivity index is 2.06. The van der Waals surface area contributed by atoms with Crippen LogP contribution in [0.25, 0.3) is 0 Å². The quantitative estimate of drug-likeness (QED) is 0.823. The Morgan fingerprint density at radius 1 is 1.47 bits per heavy atom. The zero-order chi connectivity index (χ0) is 11.0. The summed E-state index contributed by atoms with van der Waals surface area (Å²) >= 11 is 0. The summed E-state index contributed by atoms with van der Waals surface area (Å²) in [5, 5.41) is 7.25. The molecule has 84 valence electrons. The molecule has 0 aliphatic heterocycles. The van der Waals surface area contributed by atoms with E-state index in [1.807, 2.05) is 7.05 Å². The SMILES string of the molecule is CNC(C)C(C)c1nc(C2CC2C)no1. The molecule has 0 bridgehead atoms. The summed E-state index contributed by atoms with van der Waals surface area (Å²) in [6, 6.07) is 0.356. The maximum absolute atomic E-state index is 5.30. The molecule has 0 amide bonds. The second-order valence-corrected chi connectivity index (χ2v) is 4.68. The Morgan fingerprint density at radius 2 is 2.13 bits per heavy atom. The summed E-state index contributed by atoms with van der Waals surface area (Å²) in [4.78, 5) is 4.47. The Bertz CT molecular complexity index is 336. The highest BCUT2D eigenvalue weighted by atomic mass is 16.5. The van der Waals surface area contributed by atoms with Crippen LogP contribution >= 0.6 is 0 Å². The lowest BCUT2D eigenvalue weighted by molar-refractivity contribution is 0.333. The average Bonchev–Trinajstić information content (AvgIpc) is 2.80. The number of nitrogens with zero attached hydrogens (tertiary/aromatic N) is 2. The average molecular weight is 209 g/mol. The van der Waals surface area contributed by atoms with Crippen LogP contribution in [0.4, 0.5) is 0 Å². The highest BCUT2D eigenvalue weighted by Gasteiger charge is 2.38. The van der Waals surface area contributed by atoms with Gasteiger partial charge in [0.1, 0.15) is 0 Å². The summed E-state index contributed by atoms with van der Waals surface area (Å²) in [6.45, 7) is 6.45. The third kappa shape index (κ3) is 2.04. The predicted molar refractivity (Wildman–Crippen MR) is 57.8 cm³/mol. The lowest BCUT2D eigenvalue weighted by Crippen LogP contribution is -2.27. The lowest BCUT2D eigenvalue weighted by Gasteiger charge is -2.14. The number of rotatable bonds is 4. The maximum Gasteiger partial charge on any atom is 0.231 e. The molecule has 0 spiro atoms. The molecular formula is C11H19N3O. The van der Waals surface area contributed by atoms with Crippen molar-refractivity contribution in [3.63, 3.8) is 0 Å². The molecule has 4 nitrogen and oxygen atoms in total. The van der Waals surface area contributed by atoms with E-state index in [-0.39, 0.29) is 5.92 Å². The van der Waals surface area contributed by atoms with Gasteiger partial charge in [-0.1, -0.05) is 19.0 Å². The van der Waals surface area contributed by atoms with Gasteiger partial charge in [0, 0.05) is 12.0 Å². The monoisotopic (exact) mass is 209 g/mol. The molecule has 0 radical (unpaired) electrons. The van der Waals surface area contributed by atoms with Crippen LogP contribution in [0, 0.1) is 5.92 Å².